The van der Waals surface area contributed by atoms with Crippen LogP contribution in [0.5, 0.6) is 11.5 Å². The van der Waals surface area contributed by atoms with Crippen molar-refractivity contribution < 1.29 is 14.2 Å². The monoisotopic (exact) mass is 471 g/mol. The molecule has 2 saturated heterocycles. The molecule has 8 nitrogen and oxygen atoms in total. The number of benzene rings is 2. The Balaban J connectivity index is 1.20. The first-order valence-electron chi connectivity index (χ1n) is 12.1. The summed E-state index contributed by atoms with van der Waals surface area (Å²) in [5.41, 5.74) is 10.5. The van der Waals surface area contributed by atoms with E-state index in [0.717, 1.165) is 79.5 Å². The molecule has 0 saturated carbocycles. The zero-order valence-corrected chi connectivity index (χ0v) is 19.6. The van der Waals surface area contributed by atoms with E-state index in [1.54, 1.807) is 0 Å². The minimum atomic E-state index is 0.259. The molecule has 2 N–H and O–H groups in total. The summed E-state index contributed by atoms with van der Waals surface area (Å²) in [6.45, 7) is 5.97. The van der Waals surface area contributed by atoms with E-state index >= 15 is 0 Å². The van der Waals surface area contributed by atoms with Gasteiger partial charge < -0.3 is 24.5 Å². The van der Waals surface area contributed by atoms with Crippen molar-refractivity contribution in [2.45, 2.75) is 19.0 Å². The lowest BCUT2D eigenvalue weighted by Gasteiger charge is -2.26. The molecular formula is C27H29N5O3. The zero-order chi connectivity index (χ0) is 23.6. The molecule has 0 amide bonds. The van der Waals surface area contributed by atoms with Gasteiger partial charge in [-0.1, -0.05) is 24.3 Å². The van der Waals surface area contributed by atoms with Crippen LogP contribution in [0.1, 0.15) is 18.0 Å². The van der Waals surface area contributed by atoms with Crippen LogP contribution in [0.2, 0.25) is 0 Å². The Morgan fingerprint density at radius 1 is 0.914 bits per heavy atom. The zero-order valence-electron chi connectivity index (χ0n) is 19.6. The molecule has 8 heteroatoms. The van der Waals surface area contributed by atoms with Crippen molar-refractivity contribution in [3.8, 4) is 22.6 Å². The van der Waals surface area contributed by atoms with Gasteiger partial charge in [0, 0.05) is 38.0 Å². The minimum absolute atomic E-state index is 0.259. The second-order valence-corrected chi connectivity index (χ2v) is 9.08. The summed E-state index contributed by atoms with van der Waals surface area (Å²) in [6, 6.07) is 16.6. The van der Waals surface area contributed by atoms with Gasteiger partial charge in [0.25, 0.3) is 0 Å². The van der Waals surface area contributed by atoms with Crippen LogP contribution in [-0.4, -0.2) is 59.0 Å². The molecule has 2 aromatic heterocycles. The molecule has 180 valence electrons. The highest BCUT2D eigenvalue weighted by Crippen LogP contribution is 2.36. The minimum Gasteiger partial charge on any atom is -0.457 e. The summed E-state index contributed by atoms with van der Waals surface area (Å²) in [5, 5.41) is 0.879. The van der Waals surface area contributed by atoms with Crippen LogP contribution in [-0.2, 0) is 16.0 Å². The number of fused-ring (bicyclic) bond motifs is 1. The first-order valence-corrected chi connectivity index (χ1v) is 12.1. The number of hydrogen-bond acceptors (Lipinski definition) is 7. The molecule has 2 aliphatic rings. The molecular weight excluding hydrogens is 442 g/mol. The Morgan fingerprint density at radius 3 is 2.37 bits per heavy atom. The molecule has 4 heterocycles. The summed E-state index contributed by atoms with van der Waals surface area (Å²) in [5.74, 6) is 2.09. The van der Waals surface area contributed by atoms with E-state index < -0.39 is 0 Å². The van der Waals surface area contributed by atoms with E-state index in [1.807, 2.05) is 24.3 Å². The van der Waals surface area contributed by atoms with Gasteiger partial charge in [-0.15, -0.1) is 0 Å². The van der Waals surface area contributed by atoms with Crippen LogP contribution in [0.25, 0.3) is 22.2 Å². The van der Waals surface area contributed by atoms with Crippen molar-refractivity contribution >= 4 is 16.9 Å². The van der Waals surface area contributed by atoms with Crippen molar-refractivity contribution in [2.24, 2.45) is 0 Å². The third kappa shape index (κ3) is 4.60. The predicted molar refractivity (Wildman–Crippen MR) is 134 cm³/mol. The van der Waals surface area contributed by atoms with Crippen LogP contribution < -0.4 is 10.5 Å². The van der Waals surface area contributed by atoms with Crippen LogP contribution in [0.4, 0.5) is 5.82 Å². The van der Waals surface area contributed by atoms with Crippen molar-refractivity contribution in [1.82, 2.24) is 19.4 Å². The van der Waals surface area contributed by atoms with Crippen molar-refractivity contribution in [2.75, 3.05) is 45.3 Å². The fourth-order valence-corrected chi connectivity index (χ4v) is 4.87. The average Bonchev–Trinajstić information content (AvgIpc) is 3.55. The van der Waals surface area contributed by atoms with Crippen LogP contribution >= 0.6 is 0 Å². The smallest absolute Gasteiger partial charge is 0.146 e. The molecule has 0 aliphatic carbocycles. The first kappa shape index (κ1) is 22.0. The van der Waals surface area contributed by atoms with Gasteiger partial charge in [0.05, 0.1) is 31.2 Å². The molecule has 2 aromatic carbocycles. The fourth-order valence-electron chi connectivity index (χ4n) is 4.87. The summed E-state index contributed by atoms with van der Waals surface area (Å²) in [6.07, 6.45) is 4.61. The van der Waals surface area contributed by atoms with Gasteiger partial charge in [0.1, 0.15) is 29.3 Å². The maximum absolute atomic E-state index is 6.28. The molecule has 4 aromatic rings. The Bertz CT molecular complexity index is 1290. The standard InChI is InChI=1S/C27H29N5O3/c28-26-25-24(16-32(21-9-12-34-17-21)27(25)30-18-29-26)20-3-7-23(8-4-20)35-22-5-1-19(2-6-22)15-31-10-13-33-14-11-31/h1-8,16,18,21H,9-15,17H2,(H2,28,29,30). The van der Waals surface area contributed by atoms with Gasteiger partial charge in [-0.05, 0) is 41.8 Å². The summed E-state index contributed by atoms with van der Waals surface area (Å²) < 4.78 is 19.3. The van der Waals surface area contributed by atoms with Crippen LogP contribution in [0.3, 0.4) is 0 Å². The van der Waals surface area contributed by atoms with E-state index in [9.17, 15) is 0 Å². The number of anilines is 1. The molecule has 0 radical (unpaired) electrons. The van der Waals surface area contributed by atoms with Gasteiger partial charge in [0.2, 0.25) is 0 Å². The lowest BCUT2D eigenvalue weighted by atomic mass is 10.1. The molecule has 1 atom stereocenters. The van der Waals surface area contributed by atoms with Crippen LogP contribution in [0, 0.1) is 0 Å². The van der Waals surface area contributed by atoms with Crippen LogP contribution in [0.15, 0.2) is 61.1 Å². The largest absolute Gasteiger partial charge is 0.457 e. The highest BCUT2D eigenvalue weighted by atomic mass is 16.5. The molecule has 1 unspecified atom stereocenters. The topological polar surface area (TPSA) is 87.7 Å². The number of nitrogens with two attached hydrogens (primary N) is 1. The number of nitrogens with zero attached hydrogens (tertiary/aromatic N) is 4. The maximum atomic E-state index is 6.28. The number of morpholine rings is 1. The Hall–Kier alpha value is -3.46. The van der Waals surface area contributed by atoms with Crippen molar-refractivity contribution in [3.05, 3.63) is 66.6 Å². The highest BCUT2D eigenvalue weighted by molar-refractivity contribution is 6.00. The quantitative estimate of drug-likeness (QED) is 0.449. The fraction of sp³-hybridized carbons (Fsp3) is 0.333. The van der Waals surface area contributed by atoms with E-state index in [-0.39, 0.29) is 6.04 Å². The molecule has 2 aliphatic heterocycles. The maximum Gasteiger partial charge on any atom is 0.146 e. The number of ether oxygens (including phenoxy) is 3. The van der Waals surface area contributed by atoms with Crippen molar-refractivity contribution in [1.29, 1.82) is 0 Å². The number of hydrogen-bond donors (Lipinski definition) is 1. The summed E-state index contributed by atoms with van der Waals surface area (Å²) in [4.78, 5) is 11.2. The first-order chi connectivity index (χ1) is 17.2. The van der Waals surface area contributed by atoms with Gasteiger partial charge in [-0.25, -0.2) is 9.97 Å². The number of nitrogen functional groups attached to an aromatic ring is 1. The van der Waals surface area contributed by atoms with Gasteiger partial charge in [-0.3, -0.25) is 4.90 Å². The van der Waals surface area contributed by atoms with E-state index in [2.05, 4.69) is 49.9 Å². The molecule has 0 bridgehead atoms. The Kier molecular flexibility index (Phi) is 6.08. The Morgan fingerprint density at radius 2 is 1.66 bits per heavy atom. The average molecular weight is 472 g/mol. The SMILES string of the molecule is Nc1ncnc2c1c(-c1ccc(Oc3ccc(CN4CCOCC4)cc3)cc1)cn2C1CCOC1. The van der Waals surface area contributed by atoms with Gasteiger partial charge >= 0.3 is 0 Å². The lowest BCUT2D eigenvalue weighted by Crippen LogP contribution is -2.35. The van der Waals surface area contributed by atoms with Crippen molar-refractivity contribution in [3.63, 3.8) is 0 Å². The third-order valence-electron chi connectivity index (χ3n) is 6.77. The number of rotatable bonds is 6. The highest BCUT2D eigenvalue weighted by Gasteiger charge is 2.23. The molecule has 2 fully saturated rings. The lowest BCUT2D eigenvalue weighted by molar-refractivity contribution is 0.0342. The van der Waals surface area contributed by atoms with Gasteiger partial charge in [-0.2, -0.15) is 0 Å². The second kappa shape index (κ2) is 9.65. The predicted octanol–water partition coefficient (Wildman–Crippen LogP) is 4.27. The normalized spacial score (nSPS) is 18.8. The van der Waals surface area contributed by atoms with E-state index in [0.29, 0.717) is 12.4 Å². The van der Waals surface area contributed by atoms with Gasteiger partial charge in [0.15, 0.2) is 0 Å². The third-order valence-corrected chi connectivity index (χ3v) is 6.77. The van der Waals surface area contributed by atoms with E-state index in [1.165, 1.54) is 11.9 Å². The second-order valence-electron chi connectivity index (χ2n) is 9.08. The summed E-state index contributed by atoms with van der Waals surface area (Å²) >= 11 is 0. The molecule has 35 heavy (non-hydrogen) atoms. The van der Waals surface area contributed by atoms with E-state index in [4.69, 9.17) is 19.9 Å². The molecule has 0 spiro atoms. The number of aromatic nitrogens is 3. The summed E-state index contributed by atoms with van der Waals surface area (Å²) in [7, 11) is 0. The Labute approximate surface area is 204 Å². The molecule has 6 rings (SSSR count).